The molecule has 0 saturated heterocycles. The molecule has 0 spiro atoms. The molecule has 0 amide bonds. The number of aromatic carboxylic acids is 1. The summed E-state index contributed by atoms with van der Waals surface area (Å²) >= 11 is 0. The van der Waals surface area contributed by atoms with Crippen LogP contribution < -0.4 is 5.32 Å². The summed E-state index contributed by atoms with van der Waals surface area (Å²) in [4.78, 5) is 15.1. The Morgan fingerprint density at radius 2 is 2.26 bits per heavy atom. The average molecular weight is 262 g/mol. The van der Waals surface area contributed by atoms with Crippen LogP contribution >= 0.6 is 0 Å². The second-order valence-corrected chi connectivity index (χ2v) is 5.02. The molecule has 6 nitrogen and oxygen atoms in total. The Morgan fingerprint density at radius 1 is 1.47 bits per heavy atom. The largest absolute Gasteiger partial charge is 0.478 e. The van der Waals surface area contributed by atoms with Gasteiger partial charge in [-0.05, 0) is 31.0 Å². The molecule has 19 heavy (non-hydrogen) atoms. The van der Waals surface area contributed by atoms with Gasteiger partial charge in [-0.25, -0.2) is 4.79 Å². The van der Waals surface area contributed by atoms with Gasteiger partial charge >= 0.3 is 5.97 Å². The second-order valence-electron chi connectivity index (χ2n) is 5.02. The van der Waals surface area contributed by atoms with Crippen molar-refractivity contribution in [3.8, 4) is 0 Å². The molecule has 0 bridgehead atoms. The average Bonchev–Trinajstić information content (AvgIpc) is 3.07. The molecule has 3 N–H and O–H groups in total. The molecule has 1 aliphatic rings. The van der Waals surface area contributed by atoms with Gasteiger partial charge in [-0.15, -0.1) is 0 Å². The highest BCUT2D eigenvalue weighted by Gasteiger charge is 2.41. The van der Waals surface area contributed by atoms with Gasteiger partial charge in [-0.2, -0.15) is 4.98 Å². The zero-order valence-electron chi connectivity index (χ0n) is 10.2. The maximum Gasteiger partial charge on any atom is 0.335 e. The van der Waals surface area contributed by atoms with Crippen LogP contribution in [0.2, 0.25) is 0 Å². The quantitative estimate of drug-likeness (QED) is 0.759. The van der Waals surface area contributed by atoms with Crippen molar-refractivity contribution >= 4 is 23.1 Å². The predicted molar refractivity (Wildman–Crippen MR) is 68.2 cm³/mol. The number of benzene rings is 1. The monoisotopic (exact) mass is 262 g/mol. The van der Waals surface area contributed by atoms with Crippen LogP contribution in [-0.4, -0.2) is 34.3 Å². The molecule has 1 aromatic heterocycles. The number of hydrogen-bond donors (Lipinski definition) is 3. The lowest BCUT2D eigenvalue weighted by Crippen LogP contribution is -2.19. The molecule has 0 unspecified atom stereocenters. The molecule has 1 saturated carbocycles. The van der Waals surface area contributed by atoms with E-state index in [4.69, 9.17) is 9.52 Å². The van der Waals surface area contributed by atoms with E-state index in [0.717, 1.165) is 12.8 Å². The molecule has 100 valence electrons. The SMILES string of the molecule is O=C(O)c1ccc2nc(NCC3(CO)CC3)oc2c1. The Hall–Kier alpha value is -2.08. The summed E-state index contributed by atoms with van der Waals surface area (Å²) in [6.07, 6.45) is 2.00. The fourth-order valence-corrected chi connectivity index (χ4v) is 1.96. The normalized spacial score (nSPS) is 16.5. The van der Waals surface area contributed by atoms with Gasteiger partial charge in [0.1, 0.15) is 5.52 Å². The van der Waals surface area contributed by atoms with Crippen LogP contribution in [0.3, 0.4) is 0 Å². The number of carbonyl (C=O) groups is 1. The van der Waals surface area contributed by atoms with Crippen LogP contribution in [0.5, 0.6) is 0 Å². The third-order valence-corrected chi connectivity index (χ3v) is 3.54. The van der Waals surface area contributed by atoms with Crippen molar-refractivity contribution < 1.29 is 19.4 Å². The fraction of sp³-hybridized carbons (Fsp3) is 0.385. The summed E-state index contributed by atoms with van der Waals surface area (Å²) in [6, 6.07) is 4.92. The van der Waals surface area contributed by atoms with Gasteiger partial charge in [0, 0.05) is 12.0 Å². The standard InChI is InChI=1S/C13H14N2O4/c16-7-13(3-4-13)6-14-12-15-9-2-1-8(11(17)18)5-10(9)19-12/h1-2,5,16H,3-4,6-7H2,(H,14,15)(H,17,18). The first kappa shape index (κ1) is 12.0. The van der Waals surface area contributed by atoms with Crippen LogP contribution in [0.15, 0.2) is 22.6 Å². The summed E-state index contributed by atoms with van der Waals surface area (Å²) in [6.45, 7) is 0.769. The number of aromatic nitrogens is 1. The van der Waals surface area contributed by atoms with Crippen molar-refractivity contribution in [2.24, 2.45) is 5.41 Å². The first-order valence-electron chi connectivity index (χ1n) is 6.11. The molecule has 1 aliphatic carbocycles. The highest BCUT2D eigenvalue weighted by molar-refractivity contribution is 5.92. The molecule has 0 aliphatic heterocycles. The van der Waals surface area contributed by atoms with Crippen molar-refractivity contribution in [1.82, 2.24) is 4.98 Å². The van der Waals surface area contributed by atoms with Gasteiger partial charge in [0.25, 0.3) is 6.01 Å². The first-order valence-corrected chi connectivity index (χ1v) is 6.11. The van der Waals surface area contributed by atoms with Gasteiger partial charge in [-0.3, -0.25) is 0 Å². The highest BCUT2D eigenvalue weighted by atomic mass is 16.4. The predicted octanol–water partition coefficient (Wildman–Crippen LogP) is 1.71. The summed E-state index contributed by atoms with van der Waals surface area (Å²) in [5.41, 5.74) is 1.19. The zero-order chi connectivity index (χ0) is 13.5. The summed E-state index contributed by atoms with van der Waals surface area (Å²) < 4.78 is 5.46. The number of rotatable bonds is 5. The lowest BCUT2D eigenvalue weighted by atomic mass is 10.1. The zero-order valence-corrected chi connectivity index (χ0v) is 10.2. The topological polar surface area (TPSA) is 95.6 Å². The maximum absolute atomic E-state index is 10.9. The van der Waals surface area contributed by atoms with Crippen molar-refractivity contribution in [3.63, 3.8) is 0 Å². The molecule has 3 rings (SSSR count). The van der Waals surface area contributed by atoms with E-state index < -0.39 is 5.97 Å². The lowest BCUT2D eigenvalue weighted by molar-refractivity contribution is 0.0697. The first-order chi connectivity index (χ1) is 9.12. The second kappa shape index (κ2) is 4.24. The summed E-state index contributed by atoms with van der Waals surface area (Å²) in [5.74, 6) is -0.995. The Balaban J connectivity index is 1.79. The number of carboxylic acids is 1. The smallest absolute Gasteiger partial charge is 0.335 e. The van der Waals surface area contributed by atoms with Gasteiger partial charge in [-0.1, -0.05) is 0 Å². The van der Waals surface area contributed by atoms with Crippen LogP contribution in [0, 0.1) is 5.41 Å². The van der Waals surface area contributed by atoms with Crippen LogP contribution in [0.4, 0.5) is 6.01 Å². The number of anilines is 1. The highest BCUT2D eigenvalue weighted by Crippen LogP contribution is 2.44. The van der Waals surface area contributed by atoms with Crippen molar-refractivity contribution in [3.05, 3.63) is 23.8 Å². The summed E-state index contributed by atoms with van der Waals surface area (Å²) in [5, 5.41) is 21.2. The number of hydrogen-bond acceptors (Lipinski definition) is 5. The van der Waals surface area contributed by atoms with Gasteiger partial charge in [0.05, 0.1) is 12.2 Å². The van der Waals surface area contributed by atoms with E-state index in [9.17, 15) is 9.90 Å². The number of nitrogens with one attached hydrogen (secondary N) is 1. The Morgan fingerprint density at radius 3 is 2.89 bits per heavy atom. The molecule has 1 aromatic carbocycles. The van der Waals surface area contributed by atoms with Crippen molar-refractivity contribution in [2.75, 3.05) is 18.5 Å². The van der Waals surface area contributed by atoms with Crippen LogP contribution in [-0.2, 0) is 0 Å². The molecular weight excluding hydrogens is 248 g/mol. The van der Waals surface area contributed by atoms with Gasteiger partial charge < -0.3 is 19.9 Å². The number of fused-ring (bicyclic) bond motifs is 1. The maximum atomic E-state index is 10.9. The molecular formula is C13H14N2O4. The molecule has 0 atom stereocenters. The minimum absolute atomic E-state index is 0.0348. The minimum atomic E-state index is -0.995. The number of carboxylic acid groups (broad SMARTS) is 1. The molecule has 1 heterocycles. The van der Waals surface area contributed by atoms with E-state index in [0.29, 0.717) is 23.7 Å². The van der Waals surface area contributed by atoms with Gasteiger partial charge in [0.15, 0.2) is 5.58 Å². The Labute approximate surface area is 109 Å². The minimum Gasteiger partial charge on any atom is -0.478 e. The Kier molecular flexibility index (Phi) is 2.67. The molecule has 2 aromatic rings. The van der Waals surface area contributed by atoms with E-state index in [1.807, 2.05) is 0 Å². The van der Waals surface area contributed by atoms with Crippen molar-refractivity contribution in [2.45, 2.75) is 12.8 Å². The van der Waals surface area contributed by atoms with E-state index in [2.05, 4.69) is 10.3 Å². The van der Waals surface area contributed by atoms with Crippen LogP contribution in [0.1, 0.15) is 23.2 Å². The lowest BCUT2D eigenvalue weighted by Gasteiger charge is -2.10. The number of aliphatic hydroxyl groups excluding tert-OH is 1. The van der Waals surface area contributed by atoms with Crippen molar-refractivity contribution in [1.29, 1.82) is 0 Å². The molecule has 0 radical (unpaired) electrons. The van der Waals surface area contributed by atoms with E-state index in [1.165, 1.54) is 12.1 Å². The molecule has 6 heteroatoms. The van der Waals surface area contributed by atoms with Gasteiger partial charge in [0.2, 0.25) is 0 Å². The number of nitrogens with zero attached hydrogens (tertiary/aromatic N) is 1. The Bertz CT molecular complexity index is 631. The summed E-state index contributed by atoms with van der Waals surface area (Å²) in [7, 11) is 0. The number of oxazole rings is 1. The van der Waals surface area contributed by atoms with Crippen LogP contribution in [0.25, 0.3) is 11.1 Å². The molecule has 1 fully saturated rings. The van der Waals surface area contributed by atoms with E-state index in [1.54, 1.807) is 6.07 Å². The number of aliphatic hydroxyl groups is 1. The van der Waals surface area contributed by atoms with E-state index >= 15 is 0 Å². The third-order valence-electron chi connectivity index (χ3n) is 3.54. The van der Waals surface area contributed by atoms with E-state index in [-0.39, 0.29) is 17.6 Å². The third kappa shape index (κ3) is 2.26. The fourth-order valence-electron chi connectivity index (χ4n) is 1.96.